The Morgan fingerprint density at radius 3 is 2.89 bits per heavy atom. The monoisotopic (exact) mass is 285 g/mol. The highest BCUT2D eigenvalue weighted by molar-refractivity contribution is 5.92. The van der Waals surface area contributed by atoms with Crippen molar-refractivity contribution in [2.24, 2.45) is 0 Å². The molecule has 1 fully saturated rings. The number of hydrogen-bond acceptors (Lipinski definition) is 4. The maximum atomic E-state index is 11.8. The number of nitrogens with one attached hydrogen (secondary N) is 1. The van der Waals surface area contributed by atoms with E-state index >= 15 is 0 Å². The zero-order chi connectivity index (χ0) is 12.8. The lowest BCUT2D eigenvalue weighted by molar-refractivity contribution is 0.0517. The van der Waals surface area contributed by atoms with Gasteiger partial charge in [0, 0.05) is 6.54 Å². The fourth-order valence-electron chi connectivity index (χ4n) is 2.05. The topological polar surface area (TPSA) is 47.6 Å². The zero-order valence-corrected chi connectivity index (χ0v) is 11.9. The molecule has 0 spiro atoms. The van der Waals surface area contributed by atoms with Crippen molar-refractivity contribution >= 4 is 18.4 Å². The minimum Gasteiger partial charge on any atom is -0.488 e. The number of rotatable bonds is 4. The van der Waals surface area contributed by atoms with Gasteiger partial charge in [0.05, 0.1) is 6.61 Å². The summed E-state index contributed by atoms with van der Waals surface area (Å²) in [6, 6.07) is 7.25. The second-order valence-corrected chi connectivity index (χ2v) is 4.30. The van der Waals surface area contributed by atoms with Gasteiger partial charge >= 0.3 is 5.97 Å². The van der Waals surface area contributed by atoms with E-state index in [1.54, 1.807) is 13.0 Å². The lowest BCUT2D eigenvalue weighted by Crippen LogP contribution is -2.37. The summed E-state index contributed by atoms with van der Waals surface area (Å²) in [5.74, 6) is 0.293. The first-order valence-electron chi connectivity index (χ1n) is 6.44. The Kier molecular flexibility index (Phi) is 6.67. The second-order valence-electron chi connectivity index (χ2n) is 4.30. The first kappa shape index (κ1) is 15.8. The molecule has 0 bridgehead atoms. The lowest BCUT2D eigenvalue weighted by Gasteiger charge is -2.24. The molecule has 1 N–H and O–H groups in total. The van der Waals surface area contributed by atoms with E-state index in [0.717, 1.165) is 25.9 Å². The predicted molar refractivity (Wildman–Crippen MR) is 76.2 cm³/mol. The third kappa shape index (κ3) is 4.40. The zero-order valence-electron chi connectivity index (χ0n) is 11.1. The van der Waals surface area contributed by atoms with Crippen molar-refractivity contribution in [3.8, 4) is 5.75 Å². The summed E-state index contributed by atoms with van der Waals surface area (Å²) in [4.78, 5) is 11.8. The first-order valence-corrected chi connectivity index (χ1v) is 6.44. The molecule has 0 radical (unpaired) electrons. The molecule has 0 saturated carbocycles. The largest absolute Gasteiger partial charge is 0.488 e. The summed E-state index contributed by atoms with van der Waals surface area (Å²) >= 11 is 0. The number of para-hydroxylation sites is 1. The summed E-state index contributed by atoms with van der Waals surface area (Å²) in [7, 11) is 0. The molecule has 1 saturated heterocycles. The molecule has 1 aromatic carbocycles. The highest BCUT2D eigenvalue weighted by Gasteiger charge is 2.18. The van der Waals surface area contributed by atoms with Crippen LogP contribution in [0.15, 0.2) is 24.3 Å². The number of carbonyl (C=O) groups is 1. The van der Waals surface area contributed by atoms with Crippen molar-refractivity contribution in [1.82, 2.24) is 5.32 Å². The Morgan fingerprint density at radius 1 is 1.42 bits per heavy atom. The van der Waals surface area contributed by atoms with Gasteiger partial charge in [0.1, 0.15) is 17.4 Å². The Bertz CT molecular complexity index is 405. The molecular formula is C14H20ClNO3. The summed E-state index contributed by atoms with van der Waals surface area (Å²) in [5.41, 5.74) is 0.505. The molecule has 0 amide bonds. The second kappa shape index (κ2) is 8.02. The predicted octanol–water partition coefficient (Wildman–Crippen LogP) is 2.42. The number of esters is 1. The molecule has 106 valence electrons. The fraction of sp³-hybridized carbons (Fsp3) is 0.500. The molecule has 1 aliphatic rings. The van der Waals surface area contributed by atoms with Crippen LogP contribution in [0.5, 0.6) is 5.75 Å². The van der Waals surface area contributed by atoms with Gasteiger partial charge in [-0.2, -0.15) is 0 Å². The quantitative estimate of drug-likeness (QED) is 0.863. The average Bonchev–Trinajstić information content (AvgIpc) is 2.41. The number of piperidine rings is 1. The van der Waals surface area contributed by atoms with Crippen LogP contribution < -0.4 is 10.1 Å². The van der Waals surface area contributed by atoms with Gasteiger partial charge in [-0.15, -0.1) is 12.4 Å². The average molecular weight is 286 g/mol. The van der Waals surface area contributed by atoms with Gasteiger partial charge in [0.2, 0.25) is 0 Å². The van der Waals surface area contributed by atoms with Crippen LogP contribution in [0.25, 0.3) is 0 Å². The fourth-order valence-corrected chi connectivity index (χ4v) is 2.05. The number of carbonyl (C=O) groups excluding carboxylic acids is 1. The van der Waals surface area contributed by atoms with E-state index in [1.807, 2.05) is 18.2 Å². The molecule has 1 heterocycles. The van der Waals surface area contributed by atoms with Crippen LogP contribution in [0, 0.1) is 0 Å². The SMILES string of the molecule is CCOC(=O)c1ccccc1OC1CCCNC1.Cl. The van der Waals surface area contributed by atoms with Gasteiger partial charge < -0.3 is 14.8 Å². The minimum atomic E-state index is -0.322. The molecule has 0 aliphatic carbocycles. The Balaban J connectivity index is 0.00000180. The van der Waals surface area contributed by atoms with Gasteiger partial charge in [-0.05, 0) is 38.4 Å². The number of ether oxygens (including phenoxy) is 2. The van der Waals surface area contributed by atoms with Crippen molar-refractivity contribution in [2.45, 2.75) is 25.9 Å². The van der Waals surface area contributed by atoms with Crippen molar-refractivity contribution in [3.63, 3.8) is 0 Å². The third-order valence-electron chi connectivity index (χ3n) is 2.93. The van der Waals surface area contributed by atoms with E-state index in [0.29, 0.717) is 17.9 Å². The van der Waals surface area contributed by atoms with E-state index in [9.17, 15) is 4.79 Å². The van der Waals surface area contributed by atoms with E-state index in [1.165, 1.54) is 0 Å². The van der Waals surface area contributed by atoms with E-state index in [-0.39, 0.29) is 24.5 Å². The van der Waals surface area contributed by atoms with Crippen LogP contribution >= 0.6 is 12.4 Å². The van der Waals surface area contributed by atoms with E-state index < -0.39 is 0 Å². The van der Waals surface area contributed by atoms with Gasteiger partial charge in [0.25, 0.3) is 0 Å². The van der Waals surface area contributed by atoms with Crippen molar-refractivity contribution < 1.29 is 14.3 Å². The van der Waals surface area contributed by atoms with Crippen molar-refractivity contribution in [3.05, 3.63) is 29.8 Å². The van der Waals surface area contributed by atoms with Crippen LogP contribution in [0.4, 0.5) is 0 Å². The summed E-state index contributed by atoms with van der Waals surface area (Å²) < 4.78 is 10.9. The van der Waals surface area contributed by atoms with Gasteiger partial charge in [-0.25, -0.2) is 4.79 Å². The highest BCUT2D eigenvalue weighted by atomic mass is 35.5. The summed E-state index contributed by atoms with van der Waals surface area (Å²) in [6.45, 7) is 4.04. The van der Waals surface area contributed by atoms with Crippen LogP contribution in [-0.2, 0) is 4.74 Å². The number of halogens is 1. The summed E-state index contributed by atoms with van der Waals surface area (Å²) in [5, 5.41) is 3.29. The van der Waals surface area contributed by atoms with Crippen LogP contribution in [0.3, 0.4) is 0 Å². The molecule has 5 heteroatoms. The minimum absolute atomic E-state index is 0. The van der Waals surface area contributed by atoms with Gasteiger partial charge in [0.15, 0.2) is 0 Å². The van der Waals surface area contributed by atoms with Crippen LogP contribution in [0.1, 0.15) is 30.1 Å². The molecule has 19 heavy (non-hydrogen) atoms. The van der Waals surface area contributed by atoms with Crippen molar-refractivity contribution in [1.29, 1.82) is 0 Å². The number of benzene rings is 1. The third-order valence-corrected chi connectivity index (χ3v) is 2.93. The molecular weight excluding hydrogens is 266 g/mol. The maximum absolute atomic E-state index is 11.8. The molecule has 1 aromatic rings. The molecule has 1 aliphatic heterocycles. The Hall–Kier alpha value is -1.26. The standard InChI is InChI=1S/C14H19NO3.ClH/c1-2-17-14(16)12-7-3-4-8-13(12)18-11-6-5-9-15-10-11;/h3-4,7-8,11,15H,2,5-6,9-10H2,1H3;1H. The van der Waals surface area contributed by atoms with Crippen LogP contribution in [-0.4, -0.2) is 31.8 Å². The smallest absolute Gasteiger partial charge is 0.341 e. The Labute approximate surface area is 119 Å². The first-order chi connectivity index (χ1) is 8.81. The summed E-state index contributed by atoms with van der Waals surface area (Å²) in [6.07, 6.45) is 2.26. The van der Waals surface area contributed by atoms with E-state index in [4.69, 9.17) is 9.47 Å². The van der Waals surface area contributed by atoms with Crippen molar-refractivity contribution in [2.75, 3.05) is 19.7 Å². The van der Waals surface area contributed by atoms with Crippen LogP contribution in [0.2, 0.25) is 0 Å². The normalized spacial score (nSPS) is 18.3. The molecule has 1 atom stereocenters. The lowest BCUT2D eigenvalue weighted by atomic mass is 10.1. The molecule has 2 rings (SSSR count). The highest BCUT2D eigenvalue weighted by Crippen LogP contribution is 2.22. The van der Waals surface area contributed by atoms with Gasteiger partial charge in [-0.3, -0.25) is 0 Å². The number of hydrogen-bond donors (Lipinski definition) is 1. The van der Waals surface area contributed by atoms with E-state index in [2.05, 4.69) is 5.32 Å². The molecule has 1 unspecified atom stereocenters. The molecule has 4 nitrogen and oxygen atoms in total. The molecule has 0 aromatic heterocycles. The Morgan fingerprint density at radius 2 is 2.21 bits per heavy atom. The van der Waals surface area contributed by atoms with Gasteiger partial charge in [-0.1, -0.05) is 12.1 Å². The maximum Gasteiger partial charge on any atom is 0.341 e.